The molecule has 2 amide bonds. The van der Waals surface area contributed by atoms with Gasteiger partial charge in [0.25, 0.3) is 0 Å². The quantitative estimate of drug-likeness (QED) is 0.712. The van der Waals surface area contributed by atoms with Gasteiger partial charge in [0.05, 0.1) is 13.2 Å². The SMILES string of the molecule is CCOc1ccc(NC(=O)CNc2cccc(CCC(=O)N(C)C)c2)cc1. The fourth-order valence-corrected chi connectivity index (χ4v) is 2.50. The number of rotatable bonds is 9. The molecule has 2 N–H and O–H groups in total. The zero-order valence-electron chi connectivity index (χ0n) is 16.1. The predicted octanol–water partition coefficient (Wildman–Crippen LogP) is 3.16. The number of benzene rings is 2. The lowest BCUT2D eigenvalue weighted by Gasteiger charge is -2.11. The Labute approximate surface area is 160 Å². The van der Waals surface area contributed by atoms with Crippen LogP contribution < -0.4 is 15.4 Å². The highest BCUT2D eigenvalue weighted by molar-refractivity contribution is 5.93. The number of carbonyl (C=O) groups is 2. The Kier molecular flexibility index (Phi) is 7.67. The summed E-state index contributed by atoms with van der Waals surface area (Å²) in [6.07, 6.45) is 1.14. The number of ether oxygens (including phenoxy) is 1. The van der Waals surface area contributed by atoms with Gasteiger partial charge in [-0.1, -0.05) is 12.1 Å². The van der Waals surface area contributed by atoms with E-state index in [0.29, 0.717) is 19.4 Å². The van der Waals surface area contributed by atoms with E-state index >= 15 is 0 Å². The van der Waals surface area contributed by atoms with Crippen LogP contribution in [0, 0.1) is 0 Å². The second-order valence-corrected chi connectivity index (χ2v) is 6.35. The monoisotopic (exact) mass is 369 g/mol. The van der Waals surface area contributed by atoms with Crippen molar-refractivity contribution >= 4 is 23.2 Å². The maximum Gasteiger partial charge on any atom is 0.243 e. The van der Waals surface area contributed by atoms with Crippen molar-refractivity contribution in [2.24, 2.45) is 0 Å². The van der Waals surface area contributed by atoms with Gasteiger partial charge < -0.3 is 20.3 Å². The topological polar surface area (TPSA) is 70.7 Å². The van der Waals surface area contributed by atoms with Crippen LogP contribution in [0.2, 0.25) is 0 Å². The molecule has 0 atom stereocenters. The van der Waals surface area contributed by atoms with Crippen LogP contribution in [0.3, 0.4) is 0 Å². The van der Waals surface area contributed by atoms with Crippen molar-refractivity contribution < 1.29 is 14.3 Å². The van der Waals surface area contributed by atoms with Gasteiger partial charge in [-0.25, -0.2) is 0 Å². The zero-order valence-corrected chi connectivity index (χ0v) is 16.1. The lowest BCUT2D eigenvalue weighted by Crippen LogP contribution is -2.22. The van der Waals surface area contributed by atoms with Crippen LogP contribution in [-0.2, 0) is 16.0 Å². The number of hydrogen-bond donors (Lipinski definition) is 2. The largest absolute Gasteiger partial charge is 0.494 e. The predicted molar refractivity (Wildman–Crippen MR) is 108 cm³/mol. The Morgan fingerprint density at radius 2 is 1.78 bits per heavy atom. The molecule has 2 aromatic carbocycles. The minimum atomic E-state index is -0.132. The smallest absolute Gasteiger partial charge is 0.243 e. The van der Waals surface area contributed by atoms with Gasteiger partial charge in [0.2, 0.25) is 11.8 Å². The van der Waals surface area contributed by atoms with Crippen LogP contribution in [0.4, 0.5) is 11.4 Å². The molecular weight excluding hydrogens is 342 g/mol. The molecule has 0 spiro atoms. The van der Waals surface area contributed by atoms with E-state index in [2.05, 4.69) is 10.6 Å². The third-order valence-electron chi connectivity index (χ3n) is 3.96. The van der Waals surface area contributed by atoms with Crippen LogP contribution in [0.15, 0.2) is 48.5 Å². The van der Waals surface area contributed by atoms with E-state index in [9.17, 15) is 9.59 Å². The molecule has 0 radical (unpaired) electrons. The third kappa shape index (κ3) is 7.01. The molecule has 0 fully saturated rings. The van der Waals surface area contributed by atoms with Crippen LogP contribution >= 0.6 is 0 Å². The van der Waals surface area contributed by atoms with Gasteiger partial charge in [-0.3, -0.25) is 9.59 Å². The van der Waals surface area contributed by atoms with Crippen LogP contribution in [0.25, 0.3) is 0 Å². The number of carbonyl (C=O) groups excluding carboxylic acids is 2. The number of hydrogen-bond acceptors (Lipinski definition) is 4. The van der Waals surface area contributed by atoms with Crippen molar-refractivity contribution in [3.05, 3.63) is 54.1 Å². The number of anilines is 2. The molecule has 0 saturated heterocycles. The molecule has 0 bridgehead atoms. The van der Waals surface area contributed by atoms with E-state index in [0.717, 1.165) is 22.7 Å². The highest BCUT2D eigenvalue weighted by atomic mass is 16.5. The highest BCUT2D eigenvalue weighted by Gasteiger charge is 2.06. The van der Waals surface area contributed by atoms with Crippen molar-refractivity contribution in [1.82, 2.24) is 4.90 Å². The maximum atomic E-state index is 12.1. The summed E-state index contributed by atoms with van der Waals surface area (Å²) in [5.41, 5.74) is 2.63. The van der Waals surface area contributed by atoms with E-state index in [1.165, 1.54) is 0 Å². The van der Waals surface area contributed by atoms with E-state index in [-0.39, 0.29) is 18.4 Å². The second-order valence-electron chi connectivity index (χ2n) is 6.35. The molecule has 6 heteroatoms. The Morgan fingerprint density at radius 1 is 1.04 bits per heavy atom. The first-order chi connectivity index (χ1) is 13.0. The number of nitrogens with one attached hydrogen (secondary N) is 2. The first-order valence-electron chi connectivity index (χ1n) is 9.03. The van der Waals surface area contributed by atoms with E-state index in [1.807, 2.05) is 55.5 Å². The molecule has 144 valence electrons. The Hall–Kier alpha value is -3.02. The first kappa shape index (κ1) is 20.3. The lowest BCUT2D eigenvalue weighted by molar-refractivity contribution is -0.128. The van der Waals surface area contributed by atoms with Crippen LogP contribution in [0.5, 0.6) is 5.75 Å². The van der Waals surface area contributed by atoms with Crippen molar-refractivity contribution in [3.8, 4) is 5.75 Å². The van der Waals surface area contributed by atoms with Gasteiger partial charge in [-0.2, -0.15) is 0 Å². The Bertz CT molecular complexity index is 758. The fourth-order valence-electron chi connectivity index (χ4n) is 2.50. The van der Waals surface area contributed by atoms with Crippen molar-refractivity contribution in [3.63, 3.8) is 0 Å². The summed E-state index contributed by atoms with van der Waals surface area (Å²) in [5.74, 6) is 0.744. The lowest BCUT2D eigenvalue weighted by atomic mass is 10.1. The number of nitrogens with zero attached hydrogens (tertiary/aromatic N) is 1. The molecule has 0 aromatic heterocycles. The minimum absolute atomic E-state index is 0.100. The summed E-state index contributed by atoms with van der Waals surface area (Å²) in [6, 6.07) is 15.0. The molecule has 2 rings (SSSR count). The average Bonchev–Trinajstić information content (AvgIpc) is 2.66. The first-order valence-corrected chi connectivity index (χ1v) is 9.03. The fraction of sp³-hybridized carbons (Fsp3) is 0.333. The summed E-state index contributed by atoms with van der Waals surface area (Å²) >= 11 is 0. The van der Waals surface area contributed by atoms with Gasteiger partial charge in [0, 0.05) is 31.9 Å². The summed E-state index contributed by atoms with van der Waals surface area (Å²) in [6.45, 7) is 2.70. The minimum Gasteiger partial charge on any atom is -0.494 e. The summed E-state index contributed by atoms with van der Waals surface area (Å²) in [4.78, 5) is 25.4. The summed E-state index contributed by atoms with van der Waals surface area (Å²) in [7, 11) is 3.51. The second kappa shape index (κ2) is 10.2. The average molecular weight is 369 g/mol. The molecule has 0 unspecified atom stereocenters. The molecule has 2 aromatic rings. The summed E-state index contributed by atoms with van der Waals surface area (Å²) in [5, 5.41) is 5.96. The zero-order chi connectivity index (χ0) is 19.6. The molecule has 27 heavy (non-hydrogen) atoms. The van der Waals surface area contributed by atoms with Gasteiger partial charge in [-0.15, -0.1) is 0 Å². The molecule has 0 aliphatic rings. The Balaban J connectivity index is 1.82. The molecule has 0 aliphatic carbocycles. The van der Waals surface area contributed by atoms with Gasteiger partial charge in [0.1, 0.15) is 5.75 Å². The molecular formula is C21H27N3O3. The molecule has 6 nitrogen and oxygen atoms in total. The van der Waals surface area contributed by atoms with Crippen LogP contribution in [0.1, 0.15) is 18.9 Å². The van der Waals surface area contributed by atoms with Crippen LogP contribution in [-0.4, -0.2) is 44.0 Å². The molecule has 0 aliphatic heterocycles. The highest BCUT2D eigenvalue weighted by Crippen LogP contribution is 2.16. The van der Waals surface area contributed by atoms with Gasteiger partial charge in [-0.05, 0) is 55.3 Å². The van der Waals surface area contributed by atoms with E-state index in [1.54, 1.807) is 19.0 Å². The standard InChI is InChI=1S/C21H27N3O3/c1-4-27-19-11-9-17(10-12-19)23-20(25)15-22-18-7-5-6-16(14-18)8-13-21(26)24(2)3/h5-7,9-12,14,22H,4,8,13,15H2,1-3H3,(H,23,25). The normalized spacial score (nSPS) is 10.2. The maximum absolute atomic E-state index is 12.1. The molecule has 0 saturated carbocycles. The number of amides is 2. The van der Waals surface area contributed by atoms with E-state index in [4.69, 9.17) is 4.74 Å². The van der Waals surface area contributed by atoms with Crippen molar-refractivity contribution in [1.29, 1.82) is 0 Å². The Morgan fingerprint density at radius 3 is 2.44 bits per heavy atom. The van der Waals surface area contributed by atoms with Gasteiger partial charge >= 0.3 is 0 Å². The van der Waals surface area contributed by atoms with Crippen molar-refractivity contribution in [2.75, 3.05) is 37.9 Å². The van der Waals surface area contributed by atoms with Crippen molar-refractivity contribution in [2.45, 2.75) is 19.8 Å². The third-order valence-corrected chi connectivity index (χ3v) is 3.96. The summed E-state index contributed by atoms with van der Waals surface area (Å²) < 4.78 is 5.38. The molecule has 0 heterocycles. The van der Waals surface area contributed by atoms with E-state index < -0.39 is 0 Å². The van der Waals surface area contributed by atoms with Gasteiger partial charge in [0.15, 0.2) is 0 Å². The number of aryl methyl sites for hydroxylation is 1.